The number of alkyl carbamates (subject to hydrolysis) is 1. The third-order valence-corrected chi connectivity index (χ3v) is 4.39. The Morgan fingerprint density at radius 2 is 1.75 bits per heavy atom. The standard InChI is InChI=1S/C19H25Cl2NO6/c1-10(2)17(25)27-18(11(3)4)28-19(26)22-9-13(16(23)24)7-12-8-14(20)5-6-15(12)21/h5-6,8,10-11,13,18H,7,9H2,1-4H3,(H,22,26)(H,23,24)/t13-,18+/m0/s1. The predicted octanol–water partition coefficient (Wildman–Crippen LogP) is 4.14. The van der Waals surface area contributed by atoms with Crippen LogP contribution < -0.4 is 5.32 Å². The second-order valence-corrected chi connectivity index (χ2v) is 7.81. The fourth-order valence-corrected chi connectivity index (χ4v) is 2.50. The monoisotopic (exact) mass is 433 g/mol. The topological polar surface area (TPSA) is 102 Å². The van der Waals surface area contributed by atoms with Crippen LogP contribution in [-0.2, 0) is 25.5 Å². The summed E-state index contributed by atoms with van der Waals surface area (Å²) < 4.78 is 10.3. The molecule has 1 aromatic carbocycles. The molecule has 1 amide bonds. The molecule has 0 aromatic heterocycles. The van der Waals surface area contributed by atoms with Crippen molar-refractivity contribution >= 4 is 41.2 Å². The fourth-order valence-electron chi connectivity index (χ4n) is 2.11. The highest BCUT2D eigenvalue weighted by molar-refractivity contribution is 6.33. The number of carbonyl (C=O) groups is 3. The molecule has 28 heavy (non-hydrogen) atoms. The van der Waals surface area contributed by atoms with Gasteiger partial charge in [-0.1, -0.05) is 50.9 Å². The lowest BCUT2D eigenvalue weighted by Gasteiger charge is -2.23. The molecule has 0 saturated carbocycles. The maximum absolute atomic E-state index is 12.0. The number of rotatable bonds is 9. The van der Waals surface area contributed by atoms with E-state index in [4.69, 9.17) is 32.7 Å². The van der Waals surface area contributed by atoms with Crippen LogP contribution in [0, 0.1) is 17.8 Å². The SMILES string of the molecule is CC(C)C(=O)O[C@H](OC(=O)NC[C@H](Cc1cc(Cl)ccc1Cl)C(=O)O)C(C)C. The molecule has 156 valence electrons. The van der Waals surface area contributed by atoms with Crippen molar-refractivity contribution in [2.45, 2.75) is 40.4 Å². The molecule has 0 saturated heterocycles. The highest BCUT2D eigenvalue weighted by Crippen LogP contribution is 2.23. The minimum atomic E-state index is -1.11. The zero-order valence-electron chi connectivity index (χ0n) is 16.2. The van der Waals surface area contributed by atoms with Gasteiger partial charge in [-0.2, -0.15) is 0 Å². The summed E-state index contributed by atoms with van der Waals surface area (Å²) in [6, 6.07) is 4.76. The van der Waals surface area contributed by atoms with Gasteiger partial charge in [0, 0.05) is 22.5 Å². The van der Waals surface area contributed by atoms with Crippen molar-refractivity contribution in [3.05, 3.63) is 33.8 Å². The van der Waals surface area contributed by atoms with Crippen LogP contribution in [0.15, 0.2) is 18.2 Å². The number of nitrogens with one attached hydrogen (secondary N) is 1. The Bertz CT molecular complexity index is 708. The van der Waals surface area contributed by atoms with Crippen LogP contribution >= 0.6 is 23.2 Å². The predicted molar refractivity (Wildman–Crippen MR) is 105 cm³/mol. The molecule has 2 N–H and O–H groups in total. The van der Waals surface area contributed by atoms with E-state index in [9.17, 15) is 19.5 Å². The number of hydrogen-bond donors (Lipinski definition) is 2. The lowest BCUT2D eigenvalue weighted by Crippen LogP contribution is -2.39. The summed E-state index contributed by atoms with van der Waals surface area (Å²) in [5.41, 5.74) is 0.558. The number of carboxylic acid groups (broad SMARTS) is 1. The number of halogens is 2. The van der Waals surface area contributed by atoms with Crippen molar-refractivity contribution in [3.8, 4) is 0 Å². The van der Waals surface area contributed by atoms with Crippen LogP contribution in [0.3, 0.4) is 0 Å². The van der Waals surface area contributed by atoms with E-state index in [0.717, 1.165) is 0 Å². The van der Waals surface area contributed by atoms with Gasteiger partial charge in [0.2, 0.25) is 0 Å². The van der Waals surface area contributed by atoms with Crippen molar-refractivity contribution in [1.82, 2.24) is 5.32 Å². The summed E-state index contributed by atoms with van der Waals surface area (Å²) in [5.74, 6) is -3.19. The first-order chi connectivity index (χ1) is 13.0. The summed E-state index contributed by atoms with van der Waals surface area (Å²) in [6.07, 6.45) is -1.87. The summed E-state index contributed by atoms with van der Waals surface area (Å²) in [5, 5.41) is 12.6. The maximum Gasteiger partial charge on any atom is 0.410 e. The fraction of sp³-hybridized carbons (Fsp3) is 0.526. The largest absolute Gasteiger partial charge is 0.481 e. The molecule has 0 aliphatic carbocycles. The molecule has 0 aliphatic heterocycles. The molecule has 0 fully saturated rings. The van der Waals surface area contributed by atoms with Crippen molar-refractivity contribution in [2.75, 3.05) is 6.54 Å². The Morgan fingerprint density at radius 3 is 2.29 bits per heavy atom. The summed E-state index contributed by atoms with van der Waals surface area (Å²) >= 11 is 12.0. The first-order valence-electron chi connectivity index (χ1n) is 8.83. The number of amides is 1. The summed E-state index contributed by atoms with van der Waals surface area (Å²) in [4.78, 5) is 35.3. The van der Waals surface area contributed by atoms with E-state index < -0.39 is 30.2 Å². The number of hydrogen-bond acceptors (Lipinski definition) is 5. The molecule has 0 unspecified atom stereocenters. The first kappa shape index (κ1) is 24.0. The van der Waals surface area contributed by atoms with Gasteiger partial charge in [-0.05, 0) is 30.2 Å². The van der Waals surface area contributed by atoms with Gasteiger partial charge in [0.05, 0.1) is 11.8 Å². The van der Waals surface area contributed by atoms with Crippen molar-refractivity contribution < 1.29 is 29.0 Å². The van der Waals surface area contributed by atoms with Crippen molar-refractivity contribution in [2.24, 2.45) is 17.8 Å². The molecule has 0 radical (unpaired) electrons. The van der Waals surface area contributed by atoms with Crippen molar-refractivity contribution in [3.63, 3.8) is 0 Å². The number of carboxylic acids is 1. The number of aliphatic carboxylic acids is 1. The molecule has 0 aliphatic rings. The zero-order chi connectivity index (χ0) is 21.4. The van der Waals surface area contributed by atoms with Gasteiger partial charge < -0.3 is 19.9 Å². The Balaban J connectivity index is 2.69. The molecule has 1 aromatic rings. The van der Waals surface area contributed by atoms with Crippen LogP contribution in [-0.4, -0.2) is 36.0 Å². The first-order valence-corrected chi connectivity index (χ1v) is 9.58. The van der Waals surface area contributed by atoms with E-state index in [1.807, 2.05) is 0 Å². The number of ether oxygens (including phenoxy) is 2. The van der Waals surface area contributed by atoms with Crippen molar-refractivity contribution in [1.29, 1.82) is 0 Å². The van der Waals surface area contributed by atoms with Gasteiger partial charge in [-0.15, -0.1) is 0 Å². The average Bonchev–Trinajstić information content (AvgIpc) is 2.60. The smallest absolute Gasteiger partial charge is 0.410 e. The molecule has 2 atom stereocenters. The van der Waals surface area contributed by atoms with Crippen LogP contribution in [0.25, 0.3) is 0 Å². The van der Waals surface area contributed by atoms with Gasteiger partial charge in [0.25, 0.3) is 6.29 Å². The summed E-state index contributed by atoms with van der Waals surface area (Å²) in [6.45, 7) is 6.59. The highest BCUT2D eigenvalue weighted by Gasteiger charge is 2.26. The van der Waals surface area contributed by atoms with E-state index in [1.54, 1.807) is 45.9 Å². The van der Waals surface area contributed by atoms with Crippen LogP contribution in [0.1, 0.15) is 33.3 Å². The minimum absolute atomic E-state index is 0.0744. The second-order valence-electron chi connectivity index (χ2n) is 6.97. The lowest BCUT2D eigenvalue weighted by atomic mass is 9.99. The number of carbonyl (C=O) groups excluding carboxylic acids is 2. The van der Waals surface area contributed by atoms with E-state index in [1.165, 1.54) is 0 Å². The molecule has 9 heteroatoms. The molecule has 0 bridgehead atoms. The van der Waals surface area contributed by atoms with Gasteiger partial charge in [-0.25, -0.2) is 4.79 Å². The van der Waals surface area contributed by atoms with E-state index >= 15 is 0 Å². The molecule has 0 spiro atoms. The van der Waals surface area contributed by atoms with E-state index in [2.05, 4.69) is 5.32 Å². The Morgan fingerprint density at radius 1 is 1.11 bits per heavy atom. The Hall–Kier alpha value is -1.99. The summed E-state index contributed by atoms with van der Waals surface area (Å²) in [7, 11) is 0. The molecule has 7 nitrogen and oxygen atoms in total. The quantitative estimate of drug-likeness (QED) is 0.447. The molecular weight excluding hydrogens is 409 g/mol. The zero-order valence-corrected chi connectivity index (χ0v) is 17.7. The van der Waals surface area contributed by atoms with Gasteiger partial charge in [0.1, 0.15) is 0 Å². The van der Waals surface area contributed by atoms with E-state index in [-0.39, 0.29) is 24.8 Å². The lowest BCUT2D eigenvalue weighted by molar-refractivity contribution is -0.178. The Labute approximate surface area is 174 Å². The third kappa shape index (κ3) is 7.94. The minimum Gasteiger partial charge on any atom is -0.481 e. The van der Waals surface area contributed by atoms with Gasteiger partial charge >= 0.3 is 18.0 Å². The Kier molecular flexibility index (Phi) is 9.55. The second kappa shape index (κ2) is 11.1. The molecular formula is C19H25Cl2NO6. The molecule has 0 heterocycles. The van der Waals surface area contributed by atoms with Crippen LogP contribution in [0.2, 0.25) is 10.0 Å². The van der Waals surface area contributed by atoms with Crippen LogP contribution in [0.4, 0.5) is 4.79 Å². The average molecular weight is 434 g/mol. The van der Waals surface area contributed by atoms with Gasteiger partial charge in [0.15, 0.2) is 0 Å². The number of benzene rings is 1. The van der Waals surface area contributed by atoms with Crippen LogP contribution in [0.5, 0.6) is 0 Å². The maximum atomic E-state index is 12.0. The number of esters is 1. The van der Waals surface area contributed by atoms with E-state index in [0.29, 0.717) is 15.6 Å². The highest BCUT2D eigenvalue weighted by atomic mass is 35.5. The normalized spacial score (nSPS) is 13.1. The third-order valence-electron chi connectivity index (χ3n) is 3.79. The van der Waals surface area contributed by atoms with Gasteiger partial charge in [-0.3, -0.25) is 9.59 Å². The molecule has 1 rings (SSSR count).